The van der Waals surface area contributed by atoms with Crippen LogP contribution in [-0.2, 0) is 6.54 Å². The summed E-state index contributed by atoms with van der Waals surface area (Å²) in [5.41, 5.74) is 1.03. The number of alkyl halides is 2. The topological polar surface area (TPSA) is 21.3 Å². The molecule has 1 N–H and O–H groups in total. The average molecular weight is 283 g/mol. The van der Waals surface area contributed by atoms with E-state index in [-0.39, 0.29) is 11.8 Å². The van der Waals surface area contributed by atoms with Crippen LogP contribution in [0.2, 0.25) is 0 Å². The highest BCUT2D eigenvalue weighted by Gasteiger charge is 2.06. The van der Waals surface area contributed by atoms with Crippen LogP contribution in [0.1, 0.15) is 23.4 Å². The van der Waals surface area contributed by atoms with Crippen LogP contribution in [0.4, 0.5) is 8.78 Å². The second kappa shape index (κ2) is 6.63. The molecule has 0 aliphatic carbocycles. The van der Waals surface area contributed by atoms with E-state index < -0.39 is 6.61 Å². The standard InChI is InChI=1S/C14H15F2NOS/c1-10(13-3-2-8-19-13)17-9-11-4-6-12(7-5-11)18-14(15)16/h2-8,10,14,17H,9H2,1H3. The van der Waals surface area contributed by atoms with E-state index in [2.05, 4.69) is 23.0 Å². The molecule has 19 heavy (non-hydrogen) atoms. The van der Waals surface area contributed by atoms with Crippen molar-refractivity contribution < 1.29 is 13.5 Å². The van der Waals surface area contributed by atoms with E-state index in [9.17, 15) is 8.78 Å². The van der Waals surface area contributed by atoms with Crippen LogP contribution in [-0.4, -0.2) is 6.61 Å². The van der Waals surface area contributed by atoms with E-state index in [1.807, 2.05) is 11.4 Å². The summed E-state index contributed by atoms with van der Waals surface area (Å²) in [5.74, 6) is 0.185. The van der Waals surface area contributed by atoms with Gasteiger partial charge in [0.15, 0.2) is 0 Å². The summed E-state index contributed by atoms with van der Waals surface area (Å²) in [7, 11) is 0. The lowest BCUT2D eigenvalue weighted by Gasteiger charge is -2.12. The van der Waals surface area contributed by atoms with Gasteiger partial charge in [0, 0.05) is 17.5 Å². The quantitative estimate of drug-likeness (QED) is 0.858. The Hall–Kier alpha value is -1.46. The van der Waals surface area contributed by atoms with Gasteiger partial charge in [-0.2, -0.15) is 8.78 Å². The van der Waals surface area contributed by atoms with Gasteiger partial charge in [0.2, 0.25) is 0 Å². The minimum absolute atomic E-state index is 0.185. The summed E-state index contributed by atoms with van der Waals surface area (Å²) >= 11 is 1.71. The van der Waals surface area contributed by atoms with Crippen molar-refractivity contribution in [3.63, 3.8) is 0 Å². The lowest BCUT2D eigenvalue weighted by Crippen LogP contribution is -2.17. The van der Waals surface area contributed by atoms with E-state index in [1.165, 1.54) is 4.88 Å². The molecule has 0 fully saturated rings. The number of thiophene rings is 1. The fourth-order valence-electron chi connectivity index (χ4n) is 1.70. The van der Waals surface area contributed by atoms with E-state index in [0.717, 1.165) is 5.56 Å². The van der Waals surface area contributed by atoms with Crippen LogP contribution >= 0.6 is 11.3 Å². The zero-order valence-corrected chi connectivity index (χ0v) is 11.3. The molecule has 5 heteroatoms. The van der Waals surface area contributed by atoms with Crippen LogP contribution in [0.5, 0.6) is 5.75 Å². The summed E-state index contributed by atoms with van der Waals surface area (Å²) in [6, 6.07) is 11.1. The van der Waals surface area contributed by atoms with Gasteiger partial charge >= 0.3 is 6.61 Å². The maximum Gasteiger partial charge on any atom is 0.387 e. The van der Waals surface area contributed by atoms with Gasteiger partial charge in [-0.05, 0) is 36.1 Å². The summed E-state index contributed by atoms with van der Waals surface area (Å²) in [6.07, 6.45) is 0. The van der Waals surface area contributed by atoms with Gasteiger partial charge in [-0.1, -0.05) is 18.2 Å². The van der Waals surface area contributed by atoms with Crippen LogP contribution in [0.25, 0.3) is 0 Å². The van der Waals surface area contributed by atoms with Crippen LogP contribution in [0.3, 0.4) is 0 Å². The largest absolute Gasteiger partial charge is 0.435 e. The smallest absolute Gasteiger partial charge is 0.387 e. The van der Waals surface area contributed by atoms with E-state index in [4.69, 9.17) is 0 Å². The van der Waals surface area contributed by atoms with Gasteiger partial charge in [0.1, 0.15) is 5.75 Å². The van der Waals surface area contributed by atoms with Gasteiger partial charge in [0.25, 0.3) is 0 Å². The number of benzene rings is 1. The molecule has 0 spiro atoms. The molecule has 1 aromatic heterocycles. The highest BCUT2D eigenvalue weighted by atomic mass is 32.1. The molecule has 2 aromatic rings. The Labute approximate surface area is 115 Å². The highest BCUT2D eigenvalue weighted by Crippen LogP contribution is 2.19. The fraction of sp³-hybridized carbons (Fsp3) is 0.286. The monoisotopic (exact) mass is 283 g/mol. The van der Waals surface area contributed by atoms with Crippen molar-refractivity contribution >= 4 is 11.3 Å². The SMILES string of the molecule is CC(NCc1ccc(OC(F)F)cc1)c1cccs1. The molecule has 2 rings (SSSR count). The predicted molar refractivity (Wildman–Crippen MR) is 72.6 cm³/mol. The lowest BCUT2D eigenvalue weighted by atomic mass is 10.2. The molecule has 0 saturated carbocycles. The third kappa shape index (κ3) is 4.29. The van der Waals surface area contributed by atoms with Crippen LogP contribution in [0.15, 0.2) is 41.8 Å². The number of hydrogen-bond acceptors (Lipinski definition) is 3. The zero-order chi connectivity index (χ0) is 13.7. The average Bonchev–Trinajstić information content (AvgIpc) is 2.91. The molecular weight excluding hydrogens is 268 g/mol. The van der Waals surface area contributed by atoms with Gasteiger partial charge < -0.3 is 10.1 Å². The van der Waals surface area contributed by atoms with Gasteiger partial charge in [0.05, 0.1) is 0 Å². The first kappa shape index (κ1) is 14.0. The number of ether oxygens (including phenoxy) is 1. The molecule has 2 nitrogen and oxygen atoms in total. The molecule has 0 aliphatic rings. The molecule has 1 atom stereocenters. The number of hydrogen-bond donors (Lipinski definition) is 1. The summed E-state index contributed by atoms with van der Waals surface area (Å²) in [6.45, 7) is 0.0107. The second-order valence-corrected chi connectivity index (χ2v) is 5.12. The Morgan fingerprint density at radius 2 is 1.95 bits per heavy atom. The minimum Gasteiger partial charge on any atom is -0.435 e. The Bertz CT molecular complexity index is 485. The van der Waals surface area contributed by atoms with Gasteiger partial charge in [-0.15, -0.1) is 11.3 Å². The normalized spacial score (nSPS) is 12.6. The van der Waals surface area contributed by atoms with Crippen molar-refractivity contribution in [1.29, 1.82) is 0 Å². The zero-order valence-electron chi connectivity index (χ0n) is 10.5. The van der Waals surface area contributed by atoms with E-state index in [0.29, 0.717) is 6.54 Å². The second-order valence-electron chi connectivity index (χ2n) is 4.14. The molecular formula is C14H15F2NOS. The molecule has 1 aromatic carbocycles. The van der Waals surface area contributed by atoms with Crippen molar-refractivity contribution in [1.82, 2.24) is 5.32 Å². The Morgan fingerprint density at radius 1 is 1.21 bits per heavy atom. The summed E-state index contributed by atoms with van der Waals surface area (Å²) < 4.78 is 28.3. The number of rotatable bonds is 6. The van der Waals surface area contributed by atoms with Crippen molar-refractivity contribution in [2.24, 2.45) is 0 Å². The Balaban J connectivity index is 1.86. The molecule has 0 saturated heterocycles. The fourth-order valence-corrected chi connectivity index (χ4v) is 2.46. The number of halogens is 2. The van der Waals surface area contributed by atoms with Crippen molar-refractivity contribution in [3.8, 4) is 5.75 Å². The first-order chi connectivity index (χ1) is 9.15. The third-order valence-corrected chi connectivity index (χ3v) is 3.79. The highest BCUT2D eigenvalue weighted by molar-refractivity contribution is 7.10. The molecule has 0 radical (unpaired) electrons. The number of nitrogens with one attached hydrogen (secondary N) is 1. The van der Waals surface area contributed by atoms with Crippen molar-refractivity contribution in [2.75, 3.05) is 0 Å². The van der Waals surface area contributed by atoms with Gasteiger partial charge in [-0.3, -0.25) is 0 Å². The summed E-state index contributed by atoms with van der Waals surface area (Å²) in [5, 5.41) is 5.43. The van der Waals surface area contributed by atoms with Crippen LogP contribution < -0.4 is 10.1 Å². The summed E-state index contributed by atoms with van der Waals surface area (Å²) in [4.78, 5) is 1.28. The molecule has 0 bridgehead atoms. The molecule has 1 heterocycles. The Kier molecular flexibility index (Phi) is 4.87. The maximum atomic E-state index is 12.0. The molecule has 1 unspecified atom stereocenters. The minimum atomic E-state index is -2.78. The first-order valence-electron chi connectivity index (χ1n) is 5.95. The predicted octanol–water partition coefficient (Wildman–Crippen LogP) is 4.20. The Morgan fingerprint density at radius 3 is 2.53 bits per heavy atom. The van der Waals surface area contributed by atoms with Crippen molar-refractivity contribution in [3.05, 3.63) is 52.2 Å². The van der Waals surface area contributed by atoms with Crippen LogP contribution in [0, 0.1) is 0 Å². The maximum absolute atomic E-state index is 12.0. The first-order valence-corrected chi connectivity index (χ1v) is 6.83. The third-order valence-electron chi connectivity index (χ3n) is 2.73. The lowest BCUT2D eigenvalue weighted by molar-refractivity contribution is -0.0498. The molecule has 0 aliphatic heterocycles. The van der Waals surface area contributed by atoms with Gasteiger partial charge in [-0.25, -0.2) is 0 Å². The van der Waals surface area contributed by atoms with E-state index in [1.54, 1.807) is 35.6 Å². The molecule has 102 valence electrons. The molecule has 0 amide bonds. The van der Waals surface area contributed by atoms with E-state index >= 15 is 0 Å². The van der Waals surface area contributed by atoms with Crippen molar-refractivity contribution in [2.45, 2.75) is 26.1 Å².